The molecule has 0 bridgehead atoms. The Morgan fingerprint density at radius 1 is 1.09 bits per heavy atom. The van der Waals surface area contributed by atoms with Crippen molar-refractivity contribution in [2.45, 2.75) is 57.3 Å². The second-order valence-electron chi connectivity index (χ2n) is 8.02. The Morgan fingerprint density at radius 3 is 2.48 bits per heavy atom. The van der Waals surface area contributed by atoms with Crippen molar-refractivity contribution in [3.63, 3.8) is 0 Å². The summed E-state index contributed by atoms with van der Waals surface area (Å²) in [6.07, 6.45) is 4.31. The van der Waals surface area contributed by atoms with Gasteiger partial charge in [0, 0.05) is 11.5 Å². The van der Waals surface area contributed by atoms with E-state index in [0.29, 0.717) is 12.8 Å². The van der Waals surface area contributed by atoms with E-state index in [9.17, 15) is 14.7 Å². The summed E-state index contributed by atoms with van der Waals surface area (Å²) in [4.78, 5) is 24.3. The van der Waals surface area contributed by atoms with Crippen LogP contribution in [-0.4, -0.2) is 24.9 Å². The van der Waals surface area contributed by atoms with Gasteiger partial charge in [0.2, 0.25) is 0 Å². The van der Waals surface area contributed by atoms with E-state index in [4.69, 9.17) is 0 Å². The standard InChI is InChI=1S/C19H26O3Si/c1-23(2)10-9-13-11-14(7-8-15(13)12-23)18(20)16-5-3-4-6-17(16)19(21)22/h7-8,11,16-17H,3-6,9-10,12H2,1-2H3,(H,21,22)/t16-,17+/m1/s1. The fourth-order valence-corrected chi connectivity index (χ4v) is 6.71. The highest BCUT2D eigenvalue weighted by Crippen LogP contribution is 2.34. The molecule has 124 valence electrons. The van der Waals surface area contributed by atoms with Gasteiger partial charge in [0.15, 0.2) is 5.78 Å². The molecule has 0 radical (unpaired) electrons. The molecule has 4 heteroatoms. The summed E-state index contributed by atoms with van der Waals surface area (Å²) in [7, 11) is -1.11. The second kappa shape index (κ2) is 6.23. The number of aliphatic carboxylic acids is 1. The molecule has 0 saturated heterocycles. The Kier molecular flexibility index (Phi) is 4.45. The Morgan fingerprint density at radius 2 is 1.78 bits per heavy atom. The molecular weight excluding hydrogens is 304 g/mol. The molecule has 1 saturated carbocycles. The molecule has 2 atom stereocenters. The average Bonchev–Trinajstić information content (AvgIpc) is 2.53. The number of aryl methyl sites for hydroxylation is 1. The molecule has 2 aliphatic rings. The number of benzene rings is 1. The number of hydrogen-bond acceptors (Lipinski definition) is 2. The summed E-state index contributed by atoms with van der Waals surface area (Å²) in [5, 5.41) is 9.41. The van der Waals surface area contributed by atoms with Crippen molar-refractivity contribution >= 4 is 19.8 Å². The summed E-state index contributed by atoms with van der Waals surface area (Å²) in [6.45, 7) is 4.85. The summed E-state index contributed by atoms with van der Waals surface area (Å²) in [5.41, 5.74) is 3.44. The fraction of sp³-hybridized carbons (Fsp3) is 0.579. The van der Waals surface area contributed by atoms with Gasteiger partial charge in [-0.25, -0.2) is 0 Å². The molecular formula is C19H26O3Si. The van der Waals surface area contributed by atoms with Gasteiger partial charge in [0.05, 0.1) is 14.0 Å². The van der Waals surface area contributed by atoms with Crippen molar-refractivity contribution in [1.82, 2.24) is 0 Å². The zero-order chi connectivity index (χ0) is 16.6. The molecule has 0 aromatic heterocycles. The predicted molar refractivity (Wildman–Crippen MR) is 93.6 cm³/mol. The van der Waals surface area contributed by atoms with Gasteiger partial charge in [-0.3, -0.25) is 9.59 Å². The Balaban J connectivity index is 1.84. The topological polar surface area (TPSA) is 54.4 Å². The molecule has 0 spiro atoms. The van der Waals surface area contributed by atoms with Gasteiger partial charge in [-0.1, -0.05) is 44.1 Å². The van der Waals surface area contributed by atoms with Crippen LogP contribution >= 0.6 is 0 Å². The number of carbonyl (C=O) groups excluding carboxylic acids is 1. The van der Waals surface area contributed by atoms with Crippen molar-refractivity contribution in [3.05, 3.63) is 34.9 Å². The van der Waals surface area contributed by atoms with Crippen LogP contribution in [0.4, 0.5) is 0 Å². The lowest BCUT2D eigenvalue weighted by molar-refractivity contribution is -0.144. The number of hydrogen-bond donors (Lipinski definition) is 1. The SMILES string of the molecule is C[Si]1(C)CCc2cc(C(=O)[C@@H]3CCCC[C@@H]3C(=O)O)ccc2C1. The third-order valence-corrected chi connectivity index (χ3v) is 8.59. The predicted octanol–water partition coefficient (Wildman–Crippen LogP) is 4.11. The van der Waals surface area contributed by atoms with E-state index in [1.165, 1.54) is 23.2 Å². The van der Waals surface area contributed by atoms with E-state index in [-0.39, 0.29) is 11.7 Å². The monoisotopic (exact) mass is 330 g/mol. The molecule has 3 nitrogen and oxygen atoms in total. The van der Waals surface area contributed by atoms with Gasteiger partial charge in [-0.2, -0.15) is 0 Å². The number of fused-ring (bicyclic) bond motifs is 1. The lowest BCUT2D eigenvalue weighted by Crippen LogP contribution is -2.34. The smallest absolute Gasteiger partial charge is 0.307 e. The Hall–Kier alpha value is -1.42. The molecule has 1 aliphatic heterocycles. The lowest BCUT2D eigenvalue weighted by atomic mass is 9.75. The highest BCUT2D eigenvalue weighted by atomic mass is 28.3. The highest BCUT2D eigenvalue weighted by Gasteiger charge is 2.36. The first-order chi connectivity index (χ1) is 10.9. The van der Waals surface area contributed by atoms with E-state index < -0.39 is 20.0 Å². The van der Waals surface area contributed by atoms with Crippen molar-refractivity contribution in [3.8, 4) is 0 Å². The van der Waals surface area contributed by atoms with Gasteiger partial charge in [0.1, 0.15) is 0 Å². The van der Waals surface area contributed by atoms with Gasteiger partial charge in [0.25, 0.3) is 0 Å². The Labute approximate surface area is 139 Å². The number of carbonyl (C=O) groups is 2. The highest BCUT2D eigenvalue weighted by molar-refractivity contribution is 6.77. The van der Waals surface area contributed by atoms with Crippen molar-refractivity contribution in [2.75, 3.05) is 0 Å². The van der Waals surface area contributed by atoms with Gasteiger partial charge >= 0.3 is 5.97 Å². The second-order valence-corrected chi connectivity index (χ2v) is 13.2. The van der Waals surface area contributed by atoms with Crippen LogP contribution in [0.1, 0.15) is 47.2 Å². The number of carboxylic acids is 1. The quantitative estimate of drug-likeness (QED) is 0.670. The maximum atomic E-state index is 12.9. The Bertz CT molecular complexity index is 636. The summed E-state index contributed by atoms with van der Waals surface area (Å²) < 4.78 is 0. The van der Waals surface area contributed by atoms with Crippen LogP contribution in [0, 0.1) is 11.8 Å². The number of rotatable bonds is 3. The molecule has 1 N–H and O–H groups in total. The molecule has 0 unspecified atom stereocenters. The maximum absolute atomic E-state index is 12.9. The first kappa shape index (κ1) is 16.4. The summed E-state index contributed by atoms with van der Waals surface area (Å²) in [5.74, 6) is -1.61. The van der Waals surface area contributed by atoms with Crippen LogP contribution in [0.3, 0.4) is 0 Å². The zero-order valence-corrected chi connectivity index (χ0v) is 15.1. The molecule has 1 heterocycles. The number of ketones is 1. The third kappa shape index (κ3) is 3.42. The molecule has 1 aromatic carbocycles. The van der Waals surface area contributed by atoms with Gasteiger partial charge < -0.3 is 5.11 Å². The minimum absolute atomic E-state index is 0.0435. The largest absolute Gasteiger partial charge is 0.481 e. The maximum Gasteiger partial charge on any atom is 0.307 e. The normalized spacial score (nSPS) is 26.3. The van der Waals surface area contributed by atoms with Crippen LogP contribution in [0.25, 0.3) is 0 Å². The molecule has 1 fully saturated rings. The van der Waals surface area contributed by atoms with E-state index in [0.717, 1.165) is 24.8 Å². The molecule has 3 rings (SSSR count). The van der Waals surface area contributed by atoms with Crippen molar-refractivity contribution in [2.24, 2.45) is 11.8 Å². The fourth-order valence-electron chi connectivity index (χ4n) is 4.22. The molecule has 23 heavy (non-hydrogen) atoms. The molecule has 1 aromatic rings. The first-order valence-corrected chi connectivity index (χ1v) is 12.2. The van der Waals surface area contributed by atoms with Crippen LogP contribution < -0.4 is 0 Å². The number of Topliss-reactive ketones (excluding diaryl/α,β-unsaturated/α-hetero) is 1. The minimum Gasteiger partial charge on any atom is -0.481 e. The van der Waals surface area contributed by atoms with E-state index in [2.05, 4.69) is 25.2 Å². The van der Waals surface area contributed by atoms with E-state index >= 15 is 0 Å². The van der Waals surface area contributed by atoms with Crippen LogP contribution in [-0.2, 0) is 17.3 Å². The van der Waals surface area contributed by atoms with E-state index in [1.54, 1.807) is 0 Å². The minimum atomic E-state index is -1.11. The number of carboxylic acid groups (broad SMARTS) is 1. The van der Waals surface area contributed by atoms with Gasteiger partial charge in [-0.15, -0.1) is 0 Å². The van der Waals surface area contributed by atoms with Crippen molar-refractivity contribution in [1.29, 1.82) is 0 Å². The van der Waals surface area contributed by atoms with Crippen LogP contribution in [0.5, 0.6) is 0 Å². The lowest BCUT2D eigenvalue weighted by Gasteiger charge is -2.30. The average molecular weight is 330 g/mol. The zero-order valence-electron chi connectivity index (χ0n) is 14.1. The van der Waals surface area contributed by atoms with Crippen LogP contribution in [0.2, 0.25) is 19.1 Å². The van der Waals surface area contributed by atoms with Gasteiger partial charge in [-0.05, 0) is 42.5 Å². The van der Waals surface area contributed by atoms with Crippen molar-refractivity contribution < 1.29 is 14.7 Å². The molecule has 0 amide bonds. The third-order valence-electron chi connectivity index (χ3n) is 5.65. The summed E-state index contributed by atoms with van der Waals surface area (Å²) in [6, 6.07) is 8.57. The molecule has 1 aliphatic carbocycles. The van der Waals surface area contributed by atoms with Crippen LogP contribution in [0.15, 0.2) is 18.2 Å². The first-order valence-electron chi connectivity index (χ1n) is 8.76. The van der Waals surface area contributed by atoms with E-state index in [1.807, 2.05) is 6.07 Å². The summed E-state index contributed by atoms with van der Waals surface area (Å²) >= 11 is 0.